The molecule has 0 aliphatic heterocycles. The van der Waals surface area contributed by atoms with Gasteiger partial charge >= 0.3 is 0 Å². The molecule has 0 amide bonds. The van der Waals surface area contributed by atoms with Crippen LogP contribution in [0.2, 0.25) is 0 Å². The third-order valence-corrected chi connectivity index (χ3v) is 11.3. The maximum Gasteiger partial charge on any atom is 0.159 e. The number of nitrogens with zero attached hydrogens (tertiary/aromatic N) is 1. The Morgan fingerprint density at radius 2 is 0.893 bits per heavy atom. The van der Waals surface area contributed by atoms with Gasteiger partial charge in [0.05, 0.1) is 11.4 Å². The highest BCUT2D eigenvalue weighted by Crippen LogP contribution is 2.48. The van der Waals surface area contributed by atoms with Gasteiger partial charge in [0.2, 0.25) is 0 Å². The lowest BCUT2D eigenvalue weighted by Crippen LogP contribution is -2.11. The second-order valence-corrected chi connectivity index (χ2v) is 14.4. The molecule has 0 aliphatic rings. The van der Waals surface area contributed by atoms with E-state index in [2.05, 4.69) is 163 Å². The Morgan fingerprint density at radius 3 is 1.77 bits per heavy atom. The topological polar surface area (TPSA) is 42.7 Å². The highest BCUT2D eigenvalue weighted by molar-refractivity contribution is 6.18. The zero-order valence-electron chi connectivity index (χ0n) is 30.1. The van der Waals surface area contributed by atoms with Gasteiger partial charge in [0.25, 0.3) is 0 Å². The molecule has 0 fully saturated rings. The summed E-state index contributed by atoms with van der Waals surface area (Å²) < 4.78 is 19.9. The Bertz CT molecular complexity index is 3490. The first-order valence-corrected chi connectivity index (χ1v) is 18.9. The van der Waals surface area contributed by atoms with Crippen molar-refractivity contribution in [1.82, 2.24) is 0 Å². The van der Waals surface area contributed by atoms with E-state index in [0.717, 1.165) is 116 Å². The molecule has 4 nitrogen and oxygen atoms in total. The maximum absolute atomic E-state index is 6.89. The van der Waals surface area contributed by atoms with E-state index in [9.17, 15) is 0 Å². The molecule has 0 saturated heterocycles. The fourth-order valence-corrected chi connectivity index (χ4v) is 8.76. The van der Waals surface area contributed by atoms with E-state index in [1.54, 1.807) is 0 Å². The molecule has 12 rings (SSSR count). The van der Waals surface area contributed by atoms with E-state index in [1.807, 2.05) is 30.3 Å². The van der Waals surface area contributed by atoms with Crippen molar-refractivity contribution in [2.45, 2.75) is 0 Å². The largest absolute Gasteiger partial charge is 0.456 e. The molecule has 262 valence electrons. The van der Waals surface area contributed by atoms with Gasteiger partial charge in [0, 0.05) is 54.5 Å². The Labute approximate surface area is 321 Å². The lowest BCUT2D eigenvalue weighted by atomic mass is 9.97. The summed E-state index contributed by atoms with van der Waals surface area (Å²) in [7, 11) is 0. The van der Waals surface area contributed by atoms with E-state index in [1.165, 1.54) is 0 Å². The molecule has 56 heavy (non-hydrogen) atoms. The van der Waals surface area contributed by atoms with Crippen molar-refractivity contribution in [3.63, 3.8) is 0 Å². The first-order chi connectivity index (χ1) is 27.8. The number of furan rings is 3. The van der Waals surface area contributed by atoms with Crippen molar-refractivity contribution in [1.29, 1.82) is 0 Å². The average Bonchev–Trinajstić information content (AvgIpc) is 3.96. The Morgan fingerprint density at radius 1 is 0.304 bits per heavy atom. The lowest BCUT2D eigenvalue weighted by molar-refractivity contribution is 0.668. The van der Waals surface area contributed by atoms with E-state index in [-0.39, 0.29) is 0 Å². The van der Waals surface area contributed by atoms with Crippen LogP contribution in [-0.4, -0.2) is 0 Å². The van der Waals surface area contributed by atoms with Gasteiger partial charge < -0.3 is 18.2 Å². The first kappa shape index (κ1) is 30.9. The van der Waals surface area contributed by atoms with Gasteiger partial charge in [-0.1, -0.05) is 140 Å². The fraction of sp³-hybridized carbons (Fsp3) is 0. The highest BCUT2D eigenvalue weighted by atomic mass is 16.3. The van der Waals surface area contributed by atoms with Crippen molar-refractivity contribution in [3.05, 3.63) is 188 Å². The summed E-state index contributed by atoms with van der Waals surface area (Å²) in [5.41, 5.74) is 12.5. The van der Waals surface area contributed by atoms with Crippen LogP contribution in [-0.2, 0) is 0 Å². The first-order valence-electron chi connectivity index (χ1n) is 18.9. The predicted octanol–water partition coefficient (Wildman–Crippen LogP) is 15.3. The molecule has 0 aliphatic carbocycles. The molecule has 0 bridgehead atoms. The molecule has 3 aromatic heterocycles. The smallest absolute Gasteiger partial charge is 0.159 e. The molecule has 0 N–H and O–H groups in total. The highest BCUT2D eigenvalue weighted by Gasteiger charge is 2.24. The number of rotatable bonds is 5. The molecule has 0 unspecified atom stereocenters. The van der Waals surface area contributed by atoms with Crippen molar-refractivity contribution in [2.75, 3.05) is 4.90 Å². The average molecular weight is 718 g/mol. The van der Waals surface area contributed by atoms with Gasteiger partial charge in [-0.2, -0.15) is 0 Å². The molecular formula is C52H31NO3. The molecule has 0 atom stereocenters. The molecular weight excluding hydrogens is 687 g/mol. The number of hydrogen-bond acceptors (Lipinski definition) is 4. The zero-order chi connectivity index (χ0) is 36.7. The predicted molar refractivity (Wildman–Crippen MR) is 231 cm³/mol. The Hall–Kier alpha value is -7.56. The monoisotopic (exact) mass is 717 g/mol. The van der Waals surface area contributed by atoms with Gasteiger partial charge in [0.15, 0.2) is 5.58 Å². The summed E-state index contributed by atoms with van der Waals surface area (Å²) in [6.07, 6.45) is 0. The molecule has 0 radical (unpaired) electrons. The second-order valence-electron chi connectivity index (χ2n) is 14.4. The minimum Gasteiger partial charge on any atom is -0.456 e. The van der Waals surface area contributed by atoms with Crippen LogP contribution < -0.4 is 4.90 Å². The normalized spacial score (nSPS) is 11.9. The molecule has 3 heterocycles. The second kappa shape index (κ2) is 12.0. The molecule has 4 heteroatoms. The third kappa shape index (κ3) is 4.53. The number of fused-ring (bicyclic) bond motifs is 11. The zero-order valence-corrected chi connectivity index (χ0v) is 30.1. The lowest BCUT2D eigenvalue weighted by Gasteiger charge is -2.28. The molecule has 12 aromatic rings. The van der Waals surface area contributed by atoms with Crippen LogP contribution in [0.5, 0.6) is 0 Å². The molecule has 9 aromatic carbocycles. The van der Waals surface area contributed by atoms with Crippen LogP contribution in [0.3, 0.4) is 0 Å². The van der Waals surface area contributed by atoms with E-state index >= 15 is 0 Å². The Balaban J connectivity index is 1.09. The van der Waals surface area contributed by atoms with Gasteiger partial charge in [-0.3, -0.25) is 0 Å². The number of anilines is 3. The van der Waals surface area contributed by atoms with Gasteiger partial charge in [-0.15, -0.1) is 0 Å². The van der Waals surface area contributed by atoms with E-state index in [4.69, 9.17) is 13.3 Å². The number of hydrogen-bond donors (Lipinski definition) is 0. The van der Waals surface area contributed by atoms with Gasteiger partial charge in [0.1, 0.15) is 27.9 Å². The fourth-order valence-electron chi connectivity index (χ4n) is 8.76. The van der Waals surface area contributed by atoms with Gasteiger partial charge in [-0.25, -0.2) is 0 Å². The summed E-state index contributed by atoms with van der Waals surface area (Å²) in [6.45, 7) is 0. The molecule has 0 spiro atoms. The van der Waals surface area contributed by atoms with Crippen LogP contribution in [0, 0.1) is 0 Å². The number of benzene rings is 9. The summed E-state index contributed by atoms with van der Waals surface area (Å²) in [5, 5.41) is 8.87. The summed E-state index contributed by atoms with van der Waals surface area (Å²) in [5.74, 6) is 0. The van der Waals surface area contributed by atoms with Crippen LogP contribution in [0.25, 0.3) is 98.8 Å². The van der Waals surface area contributed by atoms with E-state index in [0.29, 0.717) is 0 Å². The standard InChI is InChI=1S/C52H31NO3/c1-2-13-36-32(12-1)28-31-42-41-19-9-18-39(51(41)56-50(36)42)37-14-3-6-21-44(37)53(45-22-10-20-40-38-15-4-7-23-46(38)55-52(40)45)34-29-26-33(27-30-34)35-17-11-25-48-49(35)43-16-5-8-24-47(43)54-48/h1-31H. The summed E-state index contributed by atoms with van der Waals surface area (Å²) in [4.78, 5) is 2.33. The minimum absolute atomic E-state index is 0.829. The van der Waals surface area contributed by atoms with E-state index < -0.39 is 0 Å². The number of para-hydroxylation sites is 5. The minimum atomic E-state index is 0.829. The van der Waals surface area contributed by atoms with Crippen molar-refractivity contribution in [2.24, 2.45) is 0 Å². The molecule has 0 saturated carbocycles. The van der Waals surface area contributed by atoms with Crippen LogP contribution >= 0.6 is 0 Å². The van der Waals surface area contributed by atoms with Crippen molar-refractivity contribution < 1.29 is 13.3 Å². The van der Waals surface area contributed by atoms with Crippen LogP contribution in [0.1, 0.15) is 0 Å². The van der Waals surface area contributed by atoms with Gasteiger partial charge in [-0.05, 0) is 65.0 Å². The quantitative estimate of drug-likeness (QED) is 0.178. The third-order valence-electron chi connectivity index (χ3n) is 11.3. The van der Waals surface area contributed by atoms with Crippen LogP contribution in [0.4, 0.5) is 17.1 Å². The van der Waals surface area contributed by atoms with Crippen LogP contribution in [0.15, 0.2) is 201 Å². The van der Waals surface area contributed by atoms with Crippen molar-refractivity contribution in [3.8, 4) is 22.3 Å². The van der Waals surface area contributed by atoms with Crippen molar-refractivity contribution >= 4 is 93.7 Å². The SMILES string of the molecule is c1ccc(N(c2ccc(-c3cccc4oc5ccccc5c34)cc2)c2cccc3c2oc2ccccc23)c(-c2cccc3c2oc2c4ccccc4ccc32)c1. The summed E-state index contributed by atoms with van der Waals surface area (Å²) in [6, 6.07) is 65.9. The maximum atomic E-state index is 6.89. The Kier molecular flexibility index (Phi) is 6.60. The summed E-state index contributed by atoms with van der Waals surface area (Å²) >= 11 is 0.